The molecule has 0 radical (unpaired) electrons. The SMILES string of the molecule is CN1CC2(CCN(C(=O)C3CC3)C2)c2ncccc21.O=C(O)C(F)(F)F. The predicted molar refractivity (Wildman–Crippen MR) is 86.8 cm³/mol. The molecule has 26 heavy (non-hydrogen) atoms. The molecule has 1 saturated heterocycles. The number of anilines is 1. The number of rotatable bonds is 1. The maximum Gasteiger partial charge on any atom is 0.490 e. The van der Waals surface area contributed by atoms with E-state index in [1.165, 1.54) is 11.4 Å². The summed E-state index contributed by atoms with van der Waals surface area (Å²) < 4.78 is 31.7. The van der Waals surface area contributed by atoms with Crippen molar-refractivity contribution < 1.29 is 27.9 Å². The van der Waals surface area contributed by atoms with Gasteiger partial charge in [-0.05, 0) is 31.4 Å². The van der Waals surface area contributed by atoms with Crippen LogP contribution < -0.4 is 4.90 Å². The molecule has 1 saturated carbocycles. The Hall–Kier alpha value is -2.32. The van der Waals surface area contributed by atoms with E-state index in [1.807, 2.05) is 12.3 Å². The Balaban J connectivity index is 0.000000242. The van der Waals surface area contributed by atoms with Crippen molar-refractivity contribution in [1.82, 2.24) is 9.88 Å². The number of halogens is 3. The molecule has 1 N–H and O–H groups in total. The highest BCUT2D eigenvalue weighted by atomic mass is 19.4. The van der Waals surface area contributed by atoms with E-state index in [2.05, 4.69) is 27.9 Å². The lowest BCUT2D eigenvalue weighted by Crippen LogP contribution is -2.38. The Labute approximate surface area is 148 Å². The maximum atomic E-state index is 12.2. The largest absolute Gasteiger partial charge is 0.490 e. The first-order chi connectivity index (χ1) is 12.1. The van der Waals surface area contributed by atoms with E-state index >= 15 is 0 Å². The number of nitrogens with zero attached hydrogens (tertiary/aromatic N) is 3. The fourth-order valence-electron chi connectivity index (χ4n) is 3.70. The minimum atomic E-state index is -5.08. The van der Waals surface area contributed by atoms with Crippen molar-refractivity contribution in [2.45, 2.75) is 30.9 Å². The number of amides is 1. The third-order valence-corrected chi connectivity index (χ3v) is 5.07. The molecule has 0 bridgehead atoms. The van der Waals surface area contributed by atoms with Gasteiger partial charge in [-0.2, -0.15) is 13.2 Å². The van der Waals surface area contributed by atoms with Gasteiger partial charge in [0.1, 0.15) is 0 Å². The van der Waals surface area contributed by atoms with Crippen LogP contribution in [0.3, 0.4) is 0 Å². The van der Waals surface area contributed by atoms with Gasteiger partial charge >= 0.3 is 12.1 Å². The summed E-state index contributed by atoms with van der Waals surface area (Å²) in [6, 6.07) is 4.14. The Morgan fingerprint density at radius 3 is 2.54 bits per heavy atom. The monoisotopic (exact) mass is 371 g/mol. The van der Waals surface area contributed by atoms with Gasteiger partial charge in [0.2, 0.25) is 5.91 Å². The topological polar surface area (TPSA) is 73.7 Å². The average molecular weight is 371 g/mol. The number of fused-ring (bicyclic) bond motifs is 2. The molecule has 1 unspecified atom stereocenters. The highest BCUT2D eigenvalue weighted by molar-refractivity contribution is 5.81. The number of carbonyl (C=O) groups is 2. The Bertz CT molecular complexity index is 721. The Kier molecular flexibility index (Phi) is 4.58. The third-order valence-electron chi connectivity index (χ3n) is 5.07. The van der Waals surface area contributed by atoms with E-state index in [4.69, 9.17) is 9.90 Å². The van der Waals surface area contributed by atoms with Crippen LogP contribution in [0.1, 0.15) is 25.0 Å². The number of pyridine rings is 1. The summed E-state index contributed by atoms with van der Waals surface area (Å²) in [6.45, 7) is 2.75. The average Bonchev–Trinajstić information content (AvgIpc) is 3.29. The zero-order chi connectivity index (χ0) is 19.1. The molecule has 2 aliphatic heterocycles. The molecule has 1 atom stereocenters. The second kappa shape index (κ2) is 6.44. The number of likely N-dealkylation sites (tertiary alicyclic amines) is 1. The van der Waals surface area contributed by atoms with Crippen molar-refractivity contribution >= 4 is 17.6 Å². The molecule has 1 amide bonds. The van der Waals surface area contributed by atoms with Crippen molar-refractivity contribution in [3.63, 3.8) is 0 Å². The van der Waals surface area contributed by atoms with Crippen LogP contribution in [0.2, 0.25) is 0 Å². The van der Waals surface area contributed by atoms with Crippen LogP contribution in [0, 0.1) is 5.92 Å². The van der Waals surface area contributed by atoms with Crippen molar-refractivity contribution in [2.24, 2.45) is 5.92 Å². The molecular weight excluding hydrogens is 351 g/mol. The number of hydrogen-bond acceptors (Lipinski definition) is 4. The normalized spacial score (nSPS) is 24.3. The van der Waals surface area contributed by atoms with Gasteiger partial charge in [-0.1, -0.05) is 0 Å². The lowest BCUT2D eigenvalue weighted by molar-refractivity contribution is -0.192. The van der Waals surface area contributed by atoms with Crippen LogP contribution in [-0.4, -0.2) is 59.7 Å². The predicted octanol–water partition coefficient (Wildman–Crippen LogP) is 2.04. The number of carboxylic acids is 1. The van der Waals surface area contributed by atoms with E-state index < -0.39 is 12.1 Å². The van der Waals surface area contributed by atoms with Crippen LogP contribution in [-0.2, 0) is 15.0 Å². The molecule has 0 aromatic carbocycles. The molecule has 3 heterocycles. The van der Waals surface area contributed by atoms with E-state index in [0.29, 0.717) is 11.8 Å². The van der Waals surface area contributed by atoms with Crippen molar-refractivity contribution in [3.8, 4) is 0 Å². The molecule has 142 valence electrons. The summed E-state index contributed by atoms with van der Waals surface area (Å²) >= 11 is 0. The van der Waals surface area contributed by atoms with Crippen LogP contribution in [0.5, 0.6) is 0 Å². The second-order valence-corrected chi connectivity index (χ2v) is 7.09. The van der Waals surface area contributed by atoms with Gasteiger partial charge in [0.15, 0.2) is 0 Å². The number of alkyl halides is 3. The fraction of sp³-hybridized carbons (Fsp3) is 0.588. The molecule has 6 nitrogen and oxygen atoms in total. The number of carboxylic acid groups (broad SMARTS) is 1. The molecule has 9 heteroatoms. The molecule has 4 rings (SSSR count). The standard InChI is InChI=1S/C15H19N3O.C2HF3O2/c1-17-9-15(13-12(17)3-2-7-16-13)6-8-18(10-15)14(19)11-4-5-11;3-2(4,5)1(6)7/h2-3,7,11H,4-6,8-10H2,1H3;(H,6,7). The minimum Gasteiger partial charge on any atom is -0.475 e. The Morgan fingerprint density at radius 1 is 1.31 bits per heavy atom. The van der Waals surface area contributed by atoms with Crippen molar-refractivity contribution in [3.05, 3.63) is 24.0 Å². The van der Waals surface area contributed by atoms with E-state index in [0.717, 1.165) is 38.9 Å². The van der Waals surface area contributed by atoms with Gasteiger partial charge in [0.25, 0.3) is 0 Å². The quantitative estimate of drug-likeness (QED) is 0.818. The van der Waals surface area contributed by atoms with Gasteiger partial charge in [-0.3, -0.25) is 9.78 Å². The van der Waals surface area contributed by atoms with Crippen LogP contribution in [0.25, 0.3) is 0 Å². The maximum absolute atomic E-state index is 12.2. The first-order valence-corrected chi connectivity index (χ1v) is 8.39. The van der Waals surface area contributed by atoms with Crippen molar-refractivity contribution in [2.75, 3.05) is 31.6 Å². The smallest absolute Gasteiger partial charge is 0.475 e. The molecule has 1 aliphatic carbocycles. The molecule has 1 aromatic rings. The summed E-state index contributed by atoms with van der Waals surface area (Å²) in [5, 5.41) is 7.12. The van der Waals surface area contributed by atoms with Crippen molar-refractivity contribution in [1.29, 1.82) is 0 Å². The first-order valence-electron chi connectivity index (χ1n) is 8.39. The molecule has 1 spiro atoms. The zero-order valence-corrected chi connectivity index (χ0v) is 14.3. The highest BCUT2D eigenvalue weighted by Gasteiger charge is 2.50. The van der Waals surface area contributed by atoms with Gasteiger partial charge in [0, 0.05) is 38.8 Å². The molecule has 2 fully saturated rings. The summed E-state index contributed by atoms with van der Waals surface area (Å²) in [6.07, 6.45) is 0.0407. The number of aliphatic carboxylic acids is 1. The minimum absolute atomic E-state index is 0.0793. The van der Waals surface area contributed by atoms with Gasteiger partial charge in [0.05, 0.1) is 16.8 Å². The third kappa shape index (κ3) is 3.47. The summed E-state index contributed by atoms with van der Waals surface area (Å²) in [4.78, 5) is 30.1. The number of hydrogen-bond donors (Lipinski definition) is 1. The zero-order valence-electron chi connectivity index (χ0n) is 14.3. The summed E-state index contributed by atoms with van der Waals surface area (Å²) in [5.74, 6) is -2.05. The lowest BCUT2D eigenvalue weighted by Gasteiger charge is -2.24. The highest BCUT2D eigenvalue weighted by Crippen LogP contribution is 2.45. The van der Waals surface area contributed by atoms with E-state index in [9.17, 15) is 18.0 Å². The number of likely N-dealkylation sites (N-methyl/N-ethyl adjacent to an activating group) is 1. The number of aromatic nitrogens is 1. The fourth-order valence-corrected chi connectivity index (χ4v) is 3.70. The first kappa shape index (κ1) is 18.5. The van der Waals surface area contributed by atoms with E-state index in [1.54, 1.807) is 0 Å². The lowest BCUT2D eigenvalue weighted by atomic mass is 9.85. The Morgan fingerprint density at radius 2 is 1.96 bits per heavy atom. The molecule has 3 aliphatic rings. The van der Waals surface area contributed by atoms with Gasteiger partial charge < -0.3 is 14.9 Å². The summed E-state index contributed by atoms with van der Waals surface area (Å²) in [5.41, 5.74) is 2.52. The van der Waals surface area contributed by atoms with Gasteiger partial charge in [-0.15, -0.1) is 0 Å². The van der Waals surface area contributed by atoms with Crippen LogP contribution in [0.4, 0.5) is 18.9 Å². The van der Waals surface area contributed by atoms with E-state index in [-0.39, 0.29) is 5.41 Å². The van der Waals surface area contributed by atoms with Crippen LogP contribution >= 0.6 is 0 Å². The summed E-state index contributed by atoms with van der Waals surface area (Å²) in [7, 11) is 2.13. The molecule has 1 aromatic heterocycles. The van der Waals surface area contributed by atoms with Crippen LogP contribution in [0.15, 0.2) is 18.3 Å². The number of carbonyl (C=O) groups excluding carboxylic acids is 1. The van der Waals surface area contributed by atoms with Gasteiger partial charge in [-0.25, -0.2) is 4.79 Å². The second-order valence-electron chi connectivity index (χ2n) is 7.09. The molecular formula is C17H20F3N3O3.